The van der Waals surface area contributed by atoms with Crippen LogP contribution in [0.15, 0.2) is 34.7 Å². The molecule has 2 heterocycles. The molecule has 0 aliphatic heterocycles. The summed E-state index contributed by atoms with van der Waals surface area (Å²) in [5.74, 6) is -0.954. The lowest BCUT2D eigenvalue weighted by Crippen LogP contribution is -2.11. The third kappa shape index (κ3) is 2.65. The molecule has 6 heteroatoms. The number of nitrogens with zero attached hydrogens (tertiary/aromatic N) is 3. The van der Waals surface area contributed by atoms with Gasteiger partial charge in [-0.3, -0.25) is 0 Å². The van der Waals surface area contributed by atoms with E-state index in [2.05, 4.69) is 15.0 Å². The van der Waals surface area contributed by atoms with Gasteiger partial charge in [-0.15, -0.1) is 0 Å². The van der Waals surface area contributed by atoms with E-state index in [0.717, 1.165) is 36.9 Å². The van der Waals surface area contributed by atoms with E-state index in [4.69, 9.17) is 0 Å². The largest absolute Gasteiger partial charge is 0.478 e. The molecule has 0 radical (unpaired) electrons. The van der Waals surface area contributed by atoms with E-state index in [0.29, 0.717) is 10.2 Å². The van der Waals surface area contributed by atoms with E-state index in [1.165, 1.54) is 11.8 Å². The Morgan fingerprint density at radius 2 is 1.95 bits per heavy atom. The highest BCUT2D eigenvalue weighted by Gasteiger charge is 2.20. The van der Waals surface area contributed by atoms with E-state index < -0.39 is 5.97 Å². The van der Waals surface area contributed by atoms with Crippen LogP contribution in [0.3, 0.4) is 0 Å². The molecule has 20 heavy (non-hydrogen) atoms. The summed E-state index contributed by atoms with van der Waals surface area (Å²) in [5.41, 5.74) is 2.31. The lowest BCUT2D eigenvalue weighted by molar-refractivity contribution is 0.0692. The number of fused-ring (bicyclic) bond motifs is 1. The average Bonchev–Trinajstić information content (AvgIpc) is 2.47. The van der Waals surface area contributed by atoms with Gasteiger partial charge in [-0.25, -0.2) is 19.7 Å². The van der Waals surface area contributed by atoms with Gasteiger partial charge in [0.25, 0.3) is 0 Å². The number of hydrogen-bond donors (Lipinski definition) is 1. The number of pyridine rings is 1. The van der Waals surface area contributed by atoms with Crippen molar-refractivity contribution in [2.24, 2.45) is 0 Å². The number of carbonyl (C=O) groups is 1. The van der Waals surface area contributed by atoms with Crippen LogP contribution < -0.4 is 0 Å². The van der Waals surface area contributed by atoms with Gasteiger partial charge in [-0.05, 0) is 55.1 Å². The van der Waals surface area contributed by atoms with Crippen LogP contribution in [-0.4, -0.2) is 26.0 Å². The van der Waals surface area contributed by atoms with Crippen molar-refractivity contribution in [3.05, 3.63) is 41.3 Å². The Morgan fingerprint density at radius 1 is 1.20 bits per heavy atom. The first-order valence-electron chi connectivity index (χ1n) is 6.45. The summed E-state index contributed by atoms with van der Waals surface area (Å²) in [7, 11) is 0. The molecular weight excluding hydrogens is 274 g/mol. The van der Waals surface area contributed by atoms with E-state index in [9.17, 15) is 9.90 Å². The molecule has 1 aliphatic rings. The van der Waals surface area contributed by atoms with Gasteiger partial charge in [0.05, 0.1) is 5.56 Å². The molecule has 1 aliphatic carbocycles. The zero-order chi connectivity index (χ0) is 13.9. The highest BCUT2D eigenvalue weighted by molar-refractivity contribution is 7.99. The molecule has 3 rings (SSSR count). The van der Waals surface area contributed by atoms with Crippen LogP contribution in [-0.2, 0) is 12.8 Å². The fraction of sp³-hybridized carbons (Fsp3) is 0.286. The highest BCUT2D eigenvalue weighted by Crippen LogP contribution is 2.30. The van der Waals surface area contributed by atoms with Crippen LogP contribution in [0.1, 0.15) is 34.5 Å². The second-order valence-electron chi connectivity index (χ2n) is 4.59. The maximum absolute atomic E-state index is 11.4. The summed E-state index contributed by atoms with van der Waals surface area (Å²) >= 11 is 1.20. The molecule has 5 nitrogen and oxygen atoms in total. The minimum atomic E-state index is -0.954. The fourth-order valence-corrected chi connectivity index (χ4v) is 3.08. The van der Waals surface area contributed by atoms with E-state index in [-0.39, 0.29) is 5.56 Å². The first kappa shape index (κ1) is 13.1. The third-order valence-corrected chi connectivity index (χ3v) is 4.12. The molecule has 102 valence electrons. The molecule has 0 spiro atoms. The minimum absolute atomic E-state index is 0.239. The van der Waals surface area contributed by atoms with Crippen LogP contribution in [0.4, 0.5) is 0 Å². The van der Waals surface area contributed by atoms with Crippen molar-refractivity contribution in [2.75, 3.05) is 0 Å². The van der Waals surface area contributed by atoms with Crippen molar-refractivity contribution in [3.8, 4) is 0 Å². The van der Waals surface area contributed by atoms with Crippen LogP contribution in [0.5, 0.6) is 0 Å². The van der Waals surface area contributed by atoms with Gasteiger partial charge in [-0.2, -0.15) is 0 Å². The van der Waals surface area contributed by atoms with Gasteiger partial charge < -0.3 is 5.11 Å². The number of hydrogen-bond acceptors (Lipinski definition) is 5. The zero-order valence-electron chi connectivity index (χ0n) is 10.7. The number of carboxylic acid groups (broad SMARTS) is 1. The maximum Gasteiger partial charge on any atom is 0.338 e. The summed E-state index contributed by atoms with van der Waals surface area (Å²) in [5, 5.41) is 10.3. The van der Waals surface area contributed by atoms with Crippen LogP contribution in [0.25, 0.3) is 0 Å². The molecule has 2 aromatic rings. The molecule has 2 aromatic heterocycles. The van der Waals surface area contributed by atoms with Crippen LogP contribution >= 0.6 is 11.8 Å². The monoisotopic (exact) mass is 287 g/mol. The molecule has 0 bridgehead atoms. The SMILES string of the molecule is O=C(O)c1cc2c(nc1Sc1ncccn1)CCCC2. The van der Waals surface area contributed by atoms with Gasteiger partial charge in [0, 0.05) is 18.1 Å². The van der Waals surface area contributed by atoms with Gasteiger partial charge >= 0.3 is 5.97 Å². The fourth-order valence-electron chi connectivity index (χ4n) is 2.27. The van der Waals surface area contributed by atoms with Crippen LogP contribution in [0.2, 0.25) is 0 Å². The van der Waals surface area contributed by atoms with Crippen molar-refractivity contribution in [1.82, 2.24) is 15.0 Å². The number of aryl methyl sites for hydroxylation is 2. The average molecular weight is 287 g/mol. The first-order valence-corrected chi connectivity index (χ1v) is 7.26. The summed E-state index contributed by atoms with van der Waals surface area (Å²) in [4.78, 5) is 24.1. The Bertz CT molecular complexity index is 646. The van der Waals surface area contributed by atoms with Crippen molar-refractivity contribution < 1.29 is 9.90 Å². The quantitative estimate of drug-likeness (QED) is 0.874. The van der Waals surface area contributed by atoms with Gasteiger partial charge in [0.15, 0.2) is 5.16 Å². The molecule has 0 aromatic carbocycles. The zero-order valence-corrected chi connectivity index (χ0v) is 11.6. The Hall–Kier alpha value is -1.95. The van der Waals surface area contributed by atoms with Gasteiger partial charge in [0.1, 0.15) is 5.03 Å². The Labute approximate surface area is 120 Å². The van der Waals surface area contributed by atoms with Crippen molar-refractivity contribution >= 4 is 17.7 Å². The lowest BCUT2D eigenvalue weighted by Gasteiger charge is -2.16. The second kappa shape index (κ2) is 5.58. The highest BCUT2D eigenvalue weighted by atomic mass is 32.2. The van der Waals surface area contributed by atoms with E-state index in [1.807, 2.05) is 0 Å². The molecule has 0 atom stereocenters. The molecule has 1 N–H and O–H groups in total. The first-order chi connectivity index (χ1) is 9.74. The predicted molar refractivity (Wildman–Crippen MR) is 74.0 cm³/mol. The van der Waals surface area contributed by atoms with Gasteiger partial charge in [0.2, 0.25) is 0 Å². The summed E-state index contributed by atoms with van der Waals surface area (Å²) in [6, 6.07) is 3.48. The number of aromatic carboxylic acids is 1. The molecule has 0 saturated heterocycles. The number of aromatic nitrogens is 3. The topological polar surface area (TPSA) is 76.0 Å². The molecular formula is C14H13N3O2S. The third-order valence-electron chi connectivity index (χ3n) is 3.23. The standard InChI is InChI=1S/C14H13N3O2S/c18-13(19)10-8-9-4-1-2-5-11(9)17-12(10)20-14-15-6-3-7-16-14/h3,6-8H,1-2,4-5H2,(H,18,19). The normalized spacial score (nSPS) is 13.8. The summed E-state index contributed by atoms with van der Waals surface area (Å²) in [6.07, 6.45) is 7.30. The summed E-state index contributed by atoms with van der Waals surface area (Å²) in [6.45, 7) is 0. The lowest BCUT2D eigenvalue weighted by atomic mass is 9.95. The van der Waals surface area contributed by atoms with Crippen molar-refractivity contribution in [3.63, 3.8) is 0 Å². The van der Waals surface area contributed by atoms with Crippen LogP contribution in [0, 0.1) is 0 Å². The Morgan fingerprint density at radius 3 is 2.70 bits per heavy atom. The predicted octanol–water partition coefficient (Wildman–Crippen LogP) is 2.60. The molecule has 0 amide bonds. The van der Waals surface area contributed by atoms with Crippen molar-refractivity contribution in [2.45, 2.75) is 35.9 Å². The summed E-state index contributed by atoms with van der Waals surface area (Å²) < 4.78 is 0. The maximum atomic E-state index is 11.4. The van der Waals surface area contributed by atoms with Gasteiger partial charge in [-0.1, -0.05) is 0 Å². The second-order valence-corrected chi connectivity index (χ2v) is 5.55. The van der Waals surface area contributed by atoms with E-state index in [1.54, 1.807) is 24.5 Å². The minimum Gasteiger partial charge on any atom is -0.478 e. The van der Waals surface area contributed by atoms with Crippen molar-refractivity contribution in [1.29, 1.82) is 0 Å². The smallest absolute Gasteiger partial charge is 0.338 e. The Balaban J connectivity index is 2.02. The molecule has 0 fully saturated rings. The number of carboxylic acids is 1. The number of rotatable bonds is 3. The molecule has 0 unspecified atom stereocenters. The Kier molecular flexibility index (Phi) is 3.64. The van der Waals surface area contributed by atoms with E-state index >= 15 is 0 Å². The molecule has 0 saturated carbocycles.